The number of aliphatic hydroxyl groups is 4. The summed E-state index contributed by atoms with van der Waals surface area (Å²) in [6, 6.07) is 0. The van der Waals surface area contributed by atoms with Crippen molar-refractivity contribution in [3.8, 4) is 0 Å². The second kappa shape index (κ2) is 5.53. The van der Waals surface area contributed by atoms with Crippen molar-refractivity contribution >= 4 is 5.91 Å². The summed E-state index contributed by atoms with van der Waals surface area (Å²) < 4.78 is 9.72. The van der Waals surface area contributed by atoms with Crippen LogP contribution in [-0.4, -0.2) is 70.3 Å². The Hall–Kier alpha value is -0.770. The Balaban J connectivity index is 2.60. The average molecular weight is 237 g/mol. The first kappa shape index (κ1) is 13.3. The molecule has 0 radical (unpaired) electrons. The molecule has 0 aromatic heterocycles. The molecule has 1 amide bonds. The Bertz CT molecular complexity index is 247. The molecular formula is C8H15NO7. The maximum Gasteiger partial charge on any atom is 0.243 e. The Morgan fingerprint density at radius 3 is 2.38 bits per heavy atom. The lowest BCUT2D eigenvalue weighted by atomic mass is 9.99. The van der Waals surface area contributed by atoms with Gasteiger partial charge in [-0.15, -0.1) is 0 Å². The van der Waals surface area contributed by atoms with Crippen molar-refractivity contribution in [3.05, 3.63) is 0 Å². The average Bonchev–Trinajstić information content (AvgIpc) is 2.25. The van der Waals surface area contributed by atoms with Crippen LogP contribution in [0.2, 0.25) is 0 Å². The van der Waals surface area contributed by atoms with Crippen LogP contribution < -0.4 is 5.73 Å². The highest BCUT2D eigenvalue weighted by Gasteiger charge is 2.44. The Kier molecular flexibility index (Phi) is 4.59. The standard InChI is InChI=1S/C8H15NO7/c9-4(11)2-15-8-7(14)6(13)5(12)3(1-10)16-8/h3,5-8,10,12-14H,1-2H2,(H2,9,11)/t3?,5-,6?,7?,8-/m0/s1. The summed E-state index contributed by atoms with van der Waals surface area (Å²) in [6.45, 7) is -1.05. The molecular weight excluding hydrogens is 222 g/mol. The van der Waals surface area contributed by atoms with Gasteiger partial charge in [0.25, 0.3) is 0 Å². The number of nitrogens with two attached hydrogens (primary N) is 1. The predicted molar refractivity (Wildman–Crippen MR) is 48.9 cm³/mol. The minimum absolute atomic E-state index is 0.497. The van der Waals surface area contributed by atoms with E-state index in [4.69, 9.17) is 20.3 Å². The van der Waals surface area contributed by atoms with Crippen molar-refractivity contribution in [2.45, 2.75) is 30.7 Å². The normalized spacial score (nSPS) is 39.6. The summed E-state index contributed by atoms with van der Waals surface area (Å²) in [5.41, 5.74) is 4.82. The van der Waals surface area contributed by atoms with Crippen molar-refractivity contribution in [2.24, 2.45) is 5.73 Å². The number of aliphatic hydroxyl groups excluding tert-OH is 4. The van der Waals surface area contributed by atoms with E-state index in [9.17, 15) is 20.1 Å². The molecule has 0 aromatic rings. The van der Waals surface area contributed by atoms with Gasteiger partial charge < -0.3 is 35.6 Å². The van der Waals surface area contributed by atoms with E-state index in [1.165, 1.54) is 0 Å². The molecule has 8 nitrogen and oxygen atoms in total. The lowest BCUT2D eigenvalue weighted by Gasteiger charge is -2.39. The lowest BCUT2D eigenvalue weighted by molar-refractivity contribution is -0.299. The Morgan fingerprint density at radius 1 is 1.25 bits per heavy atom. The van der Waals surface area contributed by atoms with E-state index in [1.54, 1.807) is 0 Å². The van der Waals surface area contributed by atoms with Crippen molar-refractivity contribution in [1.82, 2.24) is 0 Å². The molecule has 0 spiro atoms. The van der Waals surface area contributed by atoms with Crippen LogP contribution in [0.15, 0.2) is 0 Å². The quantitative estimate of drug-likeness (QED) is 0.338. The van der Waals surface area contributed by atoms with Crippen LogP contribution >= 0.6 is 0 Å². The summed E-state index contributed by atoms with van der Waals surface area (Å²) in [4.78, 5) is 10.4. The predicted octanol–water partition coefficient (Wildman–Crippen LogP) is -3.71. The van der Waals surface area contributed by atoms with Gasteiger partial charge in [-0.05, 0) is 0 Å². The van der Waals surface area contributed by atoms with E-state index >= 15 is 0 Å². The molecule has 1 heterocycles. The van der Waals surface area contributed by atoms with E-state index in [1.807, 2.05) is 0 Å². The molecule has 1 rings (SSSR count). The molecule has 3 unspecified atom stereocenters. The third-order valence-corrected chi connectivity index (χ3v) is 2.24. The number of hydrogen-bond donors (Lipinski definition) is 5. The van der Waals surface area contributed by atoms with E-state index in [0.717, 1.165) is 0 Å². The molecule has 1 fully saturated rings. The SMILES string of the molecule is NC(=O)CO[C@H]1OC(CO)[C@H](O)C(O)C1O. The summed E-state index contributed by atoms with van der Waals surface area (Å²) in [6.07, 6.45) is -6.87. The molecule has 1 aliphatic rings. The van der Waals surface area contributed by atoms with Crippen molar-refractivity contribution in [2.75, 3.05) is 13.2 Å². The van der Waals surface area contributed by atoms with Gasteiger partial charge in [-0.3, -0.25) is 4.79 Å². The number of carbonyl (C=O) groups is 1. The molecule has 16 heavy (non-hydrogen) atoms. The number of ether oxygens (including phenoxy) is 2. The van der Waals surface area contributed by atoms with Gasteiger partial charge >= 0.3 is 0 Å². The maximum absolute atomic E-state index is 10.4. The topological polar surface area (TPSA) is 142 Å². The summed E-state index contributed by atoms with van der Waals surface area (Å²) >= 11 is 0. The molecule has 1 aliphatic heterocycles. The second-order valence-electron chi connectivity index (χ2n) is 3.47. The van der Waals surface area contributed by atoms with Crippen LogP contribution in [0.25, 0.3) is 0 Å². The zero-order chi connectivity index (χ0) is 12.3. The molecule has 5 atom stereocenters. The van der Waals surface area contributed by atoms with Gasteiger partial charge in [0.2, 0.25) is 5.91 Å². The summed E-state index contributed by atoms with van der Waals surface area (Å²) in [7, 11) is 0. The first-order valence-electron chi connectivity index (χ1n) is 4.67. The molecule has 0 aliphatic carbocycles. The largest absolute Gasteiger partial charge is 0.394 e. The molecule has 0 bridgehead atoms. The third kappa shape index (κ3) is 2.88. The van der Waals surface area contributed by atoms with E-state index in [0.29, 0.717) is 0 Å². The van der Waals surface area contributed by atoms with E-state index in [2.05, 4.69) is 0 Å². The van der Waals surface area contributed by atoms with Crippen molar-refractivity contribution < 1.29 is 34.7 Å². The number of rotatable bonds is 4. The highest BCUT2D eigenvalue weighted by Crippen LogP contribution is 2.21. The van der Waals surface area contributed by atoms with E-state index in [-0.39, 0.29) is 0 Å². The summed E-state index contributed by atoms with van der Waals surface area (Å²) in [5, 5.41) is 37.0. The zero-order valence-electron chi connectivity index (χ0n) is 8.39. The van der Waals surface area contributed by atoms with Crippen LogP contribution in [0.1, 0.15) is 0 Å². The fourth-order valence-electron chi connectivity index (χ4n) is 1.37. The summed E-state index contributed by atoms with van der Waals surface area (Å²) in [5.74, 6) is -0.767. The first-order chi connectivity index (χ1) is 7.47. The molecule has 1 saturated heterocycles. The number of primary amides is 1. The number of hydrogen-bond acceptors (Lipinski definition) is 7. The monoisotopic (exact) mass is 237 g/mol. The van der Waals surface area contributed by atoms with Crippen LogP contribution in [0, 0.1) is 0 Å². The molecule has 94 valence electrons. The highest BCUT2D eigenvalue weighted by atomic mass is 16.7. The Morgan fingerprint density at radius 2 is 1.88 bits per heavy atom. The van der Waals surface area contributed by atoms with Crippen LogP contribution in [0.3, 0.4) is 0 Å². The van der Waals surface area contributed by atoms with Gasteiger partial charge in [0.1, 0.15) is 31.0 Å². The second-order valence-corrected chi connectivity index (χ2v) is 3.47. The zero-order valence-corrected chi connectivity index (χ0v) is 8.39. The maximum atomic E-state index is 10.4. The fraction of sp³-hybridized carbons (Fsp3) is 0.875. The van der Waals surface area contributed by atoms with Crippen LogP contribution in [0.5, 0.6) is 0 Å². The highest BCUT2D eigenvalue weighted by molar-refractivity contribution is 5.74. The lowest BCUT2D eigenvalue weighted by Crippen LogP contribution is -2.59. The van der Waals surface area contributed by atoms with Gasteiger partial charge in [-0.1, -0.05) is 0 Å². The van der Waals surface area contributed by atoms with Gasteiger partial charge in [-0.2, -0.15) is 0 Å². The first-order valence-corrected chi connectivity index (χ1v) is 4.67. The molecule has 0 saturated carbocycles. The molecule has 8 heteroatoms. The molecule has 0 aromatic carbocycles. The van der Waals surface area contributed by atoms with Gasteiger partial charge in [-0.25, -0.2) is 0 Å². The molecule has 6 N–H and O–H groups in total. The minimum atomic E-state index is -1.52. The van der Waals surface area contributed by atoms with Crippen LogP contribution in [-0.2, 0) is 14.3 Å². The van der Waals surface area contributed by atoms with Crippen LogP contribution in [0.4, 0.5) is 0 Å². The fourth-order valence-corrected chi connectivity index (χ4v) is 1.37. The smallest absolute Gasteiger partial charge is 0.243 e. The van der Waals surface area contributed by atoms with E-state index < -0.39 is 49.8 Å². The van der Waals surface area contributed by atoms with Gasteiger partial charge in [0, 0.05) is 0 Å². The Labute approximate surface area is 91.2 Å². The minimum Gasteiger partial charge on any atom is -0.394 e. The number of carbonyl (C=O) groups excluding carboxylic acids is 1. The van der Waals surface area contributed by atoms with Gasteiger partial charge in [0.05, 0.1) is 6.61 Å². The number of amides is 1. The van der Waals surface area contributed by atoms with Crippen molar-refractivity contribution in [1.29, 1.82) is 0 Å². The third-order valence-electron chi connectivity index (χ3n) is 2.24. The van der Waals surface area contributed by atoms with Crippen molar-refractivity contribution in [3.63, 3.8) is 0 Å². The van der Waals surface area contributed by atoms with Gasteiger partial charge in [0.15, 0.2) is 6.29 Å².